The molecule has 116 valence electrons. The van der Waals surface area contributed by atoms with Crippen molar-refractivity contribution in [2.75, 3.05) is 31.2 Å². The topological polar surface area (TPSA) is 82.6 Å². The van der Waals surface area contributed by atoms with Gasteiger partial charge in [0.15, 0.2) is 0 Å². The molecular formula is C13H16F3N3O2. The number of hydrogen-bond donors (Lipinski definition) is 3. The summed E-state index contributed by atoms with van der Waals surface area (Å²) in [6.07, 6.45) is -4.93. The van der Waals surface area contributed by atoms with Crippen molar-refractivity contribution in [2.24, 2.45) is 5.73 Å². The van der Waals surface area contributed by atoms with Crippen LogP contribution in [0.4, 0.5) is 18.9 Å². The monoisotopic (exact) mass is 303 g/mol. The van der Waals surface area contributed by atoms with Gasteiger partial charge in [0, 0.05) is 24.3 Å². The van der Waals surface area contributed by atoms with Crippen LogP contribution in [0.1, 0.15) is 11.1 Å². The van der Waals surface area contributed by atoms with Crippen LogP contribution in [-0.2, 0) is 10.9 Å². The number of aliphatic hydroxyl groups excluding tert-OH is 1. The molecule has 0 radical (unpaired) electrons. The summed E-state index contributed by atoms with van der Waals surface area (Å²) in [5.74, 6) is -0.629. The predicted molar refractivity (Wildman–Crippen MR) is 71.5 cm³/mol. The van der Waals surface area contributed by atoms with Crippen molar-refractivity contribution in [3.8, 4) is 0 Å². The van der Waals surface area contributed by atoms with Gasteiger partial charge in [0.25, 0.3) is 0 Å². The number of amidine groups is 1. The van der Waals surface area contributed by atoms with E-state index in [1.54, 1.807) is 4.90 Å². The number of nitrogens with one attached hydrogen (secondary N) is 1. The molecule has 1 aliphatic rings. The van der Waals surface area contributed by atoms with Gasteiger partial charge in [0.1, 0.15) is 5.84 Å². The highest BCUT2D eigenvalue weighted by Gasteiger charge is 2.34. The van der Waals surface area contributed by atoms with Crippen molar-refractivity contribution < 1.29 is 23.0 Å². The van der Waals surface area contributed by atoms with Crippen LogP contribution in [0.2, 0.25) is 0 Å². The number of benzene rings is 1. The molecule has 1 aliphatic heterocycles. The lowest BCUT2D eigenvalue weighted by atomic mass is 10.0. The standard InChI is InChI=1S/C13H16F3N3O2/c14-13(15,16)11-2-1-8(5-10(11)12(17)18)19-3-4-21-9(6-19)7-20/h1-2,5,9,20H,3-4,6-7H2,(H3,17,18). The summed E-state index contributed by atoms with van der Waals surface area (Å²) in [5.41, 5.74) is 4.52. The normalized spacial score (nSPS) is 19.6. The zero-order valence-corrected chi connectivity index (χ0v) is 11.2. The Kier molecular flexibility index (Phi) is 4.38. The number of nitrogen functional groups attached to an aromatic ring is 1. The molecule has 0 aliphatic carbocycles. The number of rotatable bonds is 3. The number of halogens is 3. The molecule has 1 atom stereocenters. The van der Waals surface area contributed by atoms with Crippen LogP contribution in [0.25, 0.3) is 0 Å². The largest absolute Gasteiger partial charge is 0.417 e. The van der Waals surface area contributed by atoms with Crippen LogP contribution in [0.5, 0.6) is 0 Å². The number of nitrogens with zero attached hydrogens (tertiary/aromatic N) is 1. The van der Waals surface area contributed by atoms with Gasteiger partial charge in [0.2, 0.25) is 0 Å². The molecule has 2 rings (SSSR count). The van der Waals surface area contributed by atoms with Crippen LogP contribution in [0.3, 0.4) is 0 Å². The van der Waals surface area contributed by atoms with Crippen LogP contribution in [0, 0.1) is 5.41 Å². The lowest BCUT2D eigenvalue weighted by molar-refractivity contribution is -0.137. The Morgan fingerprint density at radius 1 is 1.48 bits per heavy atom. The Labute approximate surface area is 119 Å². The third-order valence-electron chi connectivity index (χ3n) is 3.31. The number of hydrogen-bond acceptors (Lipinski definition) is 4. The average molecular weight is 303 g/mol. The highest BCUT2D eigenvalue weighted by molar-refractivity contribution is 5.97. The maximum absolute atomic E-state index is 12.9. The first-order valence-electron chi connectivity index (χ1n) is 6.36. The van der Waals surface area contributed by atoms with Crippen molar-refractivity contribution >= 4 is 11.5 Å². The highest BCUT2D eigenvalue weighted by atomic mass is 19.4. The molecule has 1 unspecified atom stereocenters. The molecule has 21 heavy (non-hydrogen) atoms. The predicted octanol–water partition coefficient (Wildman–Crippen LogP) is 1.19. The minimum atomic E-state index is -4.56. The Balaban J connectivity index is 2.34. The fourth-order valence-corrected chi connectivity index (χ4v) is 2.26. The molecule has 1 saturated heterocycles. The first-order valence-corrected chi connectivity index (χ1v) is 6.36. The number of morpholine rings is 1. The average Bonchev–Trinajstić information content (AvgIpc) is 2.45. The van der Waals surface area contributed by atoms with E-state index in [2.05, 4.69) is 0 Å². The lowest BCUT2D eigenvalue weighted by Crippen LogP contribution is -2.44. The highest BCUT2D eigenvalue weighted by Crippen LogP contribution is 2.34. The van der Waals surface area contributed by atoms with Gasteiger partial charge in [-0.25, -0.2) is 0 Å². The van der Waals surface area contributed by atoms with Gasteiger partial charge in [0.05, 0.1) is 24.9 Å². The molecule has 0 aromatic heterocycles. The van der Waals surface area contributed by atoms with Crippen molar-refractivity contribution in [1.82, 2.24) is 0 Å². The zero-order valence-electron chi connectivity index (χ0n) is 11.2. The Bertz CT molecular complexity index is 534. The summed E-state index contributed by atoms with van der Waals surface area (Å²) in [5, 5.41) is 16.4. The van der Waals surface area contributed by atoms with E-state index in [1.807, 2.05) is 0 Å². The number of alkyl halides is 3. The maximum Gasteiger partial charge on any atom is 0.417 e. The summed E-state index contributed by atoms with van der Waals surface area (Å²) in [4.78, 5) is 1.80. The van der Waals surface area contributed by atoms with E-state index in [0.717, 1.165) is 6.07 Å². The zero-order chi connectivity index (χ0) is 15.6. The second kappa shape index (κ2) is 5.90. The van der Waals surface area contributed by atoms with Crippen LogP contribution >= 0.6 is 0 Å². The second-order valence-corrected chi connectivity index (χ2v) is 4.76. The first kappa shape index (κ1) is 15.6. The maximum atomic E-state index is 12.9. The van der Waals surface area contributed by atoms with Gasteiger partial charge >= 0.3 is 6.18 Å². The van der Waals surface area contributed by atoms with Crippen molar-refractivity contribution in [3.63, 3.8) is 0 Å². The van der Waals surface area contributed by atoms with Crippen molar-refractivity contribution in [3.05, 3.63) is 29.3 Å². The van der Waals surface area contributed by atoms with Gasteiger partial charge in [-0.05, 0) is 18.2 Å². The third kappa shape index (κ3) is 3.45. The molecule has 0 bridgehead atoms. The molecule has 4 N–H and O–H groups in total. The molecule has 1 aromatic rings. The smallest absolute Gasteiger partial charge is 0.394 e. The van der Waals surface area contributed by atoms with E-state index in [0.29, 0.717) is 25.4 Å². The molecule has 8 heteroatoms. The summed E-state index contributed by atoms with van der Waals surface area (Å²) < 4.78 is 43.9. The van der Waals surface area contributed by atoms with Gasteiger partial charge in [-0.3, -0.25) is 5.41 Å². The fraction of sp³-hybridized carbons (Fsp3) is 0.462. The number of anilines is 1. The third-order valence-corrected chi connectivity index (χ3v) is 3.31. The van der Waals surface area contributed by atoms with Gasteiger partial charge in [-0.15, -0.1) is 0 Å². The Morgan fingerprint density at radius 3 is 2.76 bits per heavy atom. The number of nitrogens with two attached hydrogens (primary N) is 1. The van der Waals surface area contributed by atoms with E-state index < -0.39 is 17.6 Å². The van der Waals surface area contributed by atoms with Gasteiger partial charge < -0.3 is 20.5 Å². The minimum Gasteiger partial charge on any atom is -0.394 e. The molecule has 0 amide bonds. The van der Waals surface area contributed by atoms with E-state index >= 15 is 0 Å². The van der Waals surface area contributed by atoms with Crippen LogP contribution < -0.4 is 10.6 Å². The van der Waals surface area contributed by atoms with Crippen molar-refractivity contribution in [1.29, 1.82) is 5.41 Å². The first-order chi connectivity index (χ1) is 9.82. The molecule has 0 spiro atoms. The van der Waals surface area contributed by atoms with E-state index in [4.69, 9.17) is 21.0 Å². The van der Waals surface area contributed by atoms with Gasteiger partial charge in [-0.1, -0.05) is 0 Å². The summed E-state index contributed by atoms with van der Waals surface area (Å²) in [6, 6.07) is 3.52. The summed E-state index contributed by atoms with van der Waals surface area (Å²) in [6.45, 7) is 1.09. The van der Waals surface area contributed by atoms with Crippen LogP contribution in [0.15, 0.2) is 18.2 Å². The lowest BCUT2D eigenvalue weighted by Gasteiger charge is -2.34. The Hall–Kier alpha value is -1.80. The van der Waals surface area contributed by atoms with E-state index in [9.17, 15) is 13.2 Å². The van der Waals surface area contributed by atoms with E-state index in [1.165, 1.54) is 12.1 Å². The molecular weight excluding hydrogens is 287 g/mol. The van der Waals surface area contributed by atoms with Crippen LogP contribution in [-0.4, -0.2) is 43.3 Å². The number of ether oxygens (including phenoxy) is 1. The summed E-state index contributed by atoms with van der Waals surface area (Å²) in [7, 11) is 0. The van der Waals surface area contributed by atoms with Crippen molar-refractivity contribution in [2.45, 2.75) is 12.3 Å². The fourth-order valence-electron chi connectivity index (χ4n) is 2.26. The molecule has 1 fully saturated rings. The van der Waals surface area contributed by atoms with Gasteiger partial charge in [-0.2, -0.15) is 13.2 Å². The quantitative estimate of drug-likeness (QED) is 0.578. The minimum absolute atomic E-state index is 0.156. The molecule has 1 heterocycles. The molecule has 0 saturated carbocycles. The number of aliphatic hydroxyl groups is 1. The summed E-state index contributed by atoms with van der Waals surface area (Å²) >= 11 is 0. The molecule has 1 aromatic carbocycles. The van der Waals surface area contributed by atoms with E-state index in [-0.39, 0.29) is 18.3 Å². The second-order valence-electron chi connectivity index (χ2n) is 4.76. The Morgan fingerprint density at radius 2 is 2.19 bits per heavy atom. The SMILES string of the molecule is N=C(N)c1cc(N2CCOC(CO)C2)ccc1C(F)(F)F. The molecule has 5 nitrogen and oxygen atoms in total.